The highest BCUT2D eigenvalue weighted by Crippen LogP contribution is 2.37. The summed E-state index contributed by atoms with van der Waals surface area (Å²) in [6.07, 6.45) is 3.05. The van der Waals surface area contributed by atoms with E-state index in [4.69, 9.17) is 9.47 Å². The maximum atomic E-state index is 13.2. The van der Waals surface area contributed by atoms with Crippen LogP contribution in [0.15, 0.2) is 47.3 Å². The molecule has 0 saturated carbocycles. The molecule has 2 heterocycles. The second-order valence-corrected chi connectivity index (χ2v) is 8.18. The topological polar surface area (TPSA) is 65.7 Å². The lowest BCUT2D eigenvalue weighted by Crippen LogP contribution is -2.32. The fourth-order valence-corrected chi connectivity index (χ4v) is 4.75. The Hall–Kier alpha value is -3.22. The van der Waals surface area contributed by atoms with Crippen molar-refractivity contribution in [3.63, 3.8) is 0 Å². The molecular weight excluding hydrogens is 406 g/mol. The molecule has 7 heteroatoms. The van der Waals surface area contributed by atoms with Gasteiger partial charge in [-0.2, -0.15) is 0 Å². The van der Waals surface area contributed by atoms with E-state index in [1.54, 1.807) is 18.8 Å². The summed E-state index contributed by atoms with van der Waals surface area (Å²) in [4.78, 5) is 28.2. The lowest BCUT2D eigenvalue weighted by Gasteiger charge is -2.26. The zero-order valence-corrected chi connectivity index (χ0v) is 19.0. The number of likely N-dealkylation sites (tertiary alicyclic amines) is 1. The summed E-state index contributed by atoms with van der Waals surface area (Å²) in [6.45, 7) is 3.84. The fourth-order valence-electron chi connectivity index (χ4n) is 4.75. The molecule has 0 bridgehead atoms. The van der Waals surface area contributed by atoms with Crippen LogP contribution in [0.1, 0.15) is 44.2 Å². The highest BCUT2D eigenvalue weighted by Gasteiger charge is 2.30. The van der Waals surface area contributed by atoms with Crippen molar-refractivity contribution >= 4 is 16.9 Å². The highest BCUT2D eigenvalue weighted by atomic mass is 16.5. The maximum Gasteiger partial charge on any atom is 0.329 e. The average Bonchev–Trinajstić information content (AvgIpc) is 3.41. The van der Waals surface area contributed by atoms with Crippen LogP contribution in [0.25, 0.3) is 11.0 Å². The normalized spacial score (nSPS) is 16.0. The van der Waals surface area contributed by atoms with E-state index in [1.807, 2.05) is 51.9 Å². The van der Waals surface area contributed by atoms with Crippen LogP contribution in [0.5, 0.6) is 11.5 Å². The van der Waals surface area contributed by atoms with Gasteiger partial charge in [-0.25, -0.2) is 4.79 Å². The molecule has 7 nitrogen and oxygen atoms in total. The molecule has 0 unspecified atom stereocenters. The van der Waals surface area contributed by atoms with Crippen LogP contribution in [0.3, 0.4) is 0 Å². The fraction of sp³-hybridized carbons (Fsp3) is 0.440. The number of amides is 1. The van der Waals surface area contributed by atoms with Crippen molar-refractivity contribution < 1.29 is 14.3 Å². The van der Waals surface area contributed by atoms with Gasteiger partial charge in [0.05, 0.1) is 31.3 Å². The number of benzene rings is 2. The van der Waals surface area contributed by atoms with E-state index in [2.05, 4.69) is 6.92 Å². The number of carbonyl (C=O) groups is 1. The predicted molar refractivity (Wildman–Crippen MR) is 124 cm³/mol. The van der Waals surface area contributed by atoms with Gasteiger partial charge in [0, 0.05) is 26.1 Å². The van der Waals surface area contributed by atoms with Crippen molar-refractivity contribution in [2.75, 3.05) is 20.8 Å². The number of ether oxygens (including phenoxy) is 2. The summed E-state index contributed by atoms with van der Waals surface area (Å²) in [5, 5.41) is 0. The van der Waals surface area contributed by atoms with E-state index in [0.29, 0.717) is 31.0 Å². The molecular formula is C25H31N3O4. The first kappa shape index (κ1) is 22.0. The smallest absolute Gasteiger partial charge is 0.329 e. The quantitative estimate of drug-likeness (QED) is 0.535. The molecule has 1 saturated heterocycles. The van der Waals surface area contributed by atoms with Crippen molar-refractivity contribution in [1.82, 2.24) is 14.0 Å². The van der Waals surface area contributed by atoms with Crippen LogP contribution in [0.2, 0.25) is 0 Å². The van der Waals surface area contributed by atoms with Crippen molar-refractivity contribution in [2.45, 2.75) is 51.7 Å². The molecule has 1 aromatic heterocycles. The molecule has 1 amide bonds. The van der Waals surface area contributed by atoms with Crippen LogP contribution in [-0.2, 0) is 17.9 Å². The summed E-state index contributed by atoms with van der Waals surface area (Å²) in [7, 11) is 3.23. The monoisotopic (exact) mass is 437 g/mol. The Bertz CT molecular complexity index is 1160. The van der Waals surface area contributed by atoms with Crippen molar-refractivity contribution in [2.24, 2.45) is 0 Å². The van der Waals surface area contributed by atoms with Gasteiger partial charge in [-0.1, -0.05) is 25.1 Å². The lowest BCUT2D eigenvalue weighted by molar-refractivity contribution is -0.132. The molecule has 0 radical (unpaired) electrons. The lowest BCUT2D eigenvalue weighted by atomic mass is 10.0. The van der Waals surface area contributed by atoms with Gasteiger partial charge in [-0.3, -0.25) is 13.9 Å². The first-order valence-corrected chi connectivity index (χ1v) is 11.3. The Morgan fingerprint density at radius 1 is 1.00 bits per heavy atom. The van der Waals surface area contributed by atoms with Gasteiger partial charge >= 0.3 is 5.69 Å². The number of rotatable bonds is 8. The number of hydrogen-bond donors (Lipinski definition) is 0. The maximum absolute atomic E-state index is 13.2. The molecule has 0 spiro atoms. The van der Waals surface area contributed by atoms with E-state index in [9.17, 15) is 9.59 Å². The second-order valence-electron chi connectivity index (χ2n) is 8.18. The van der Waals surface area contributed by atoms with E-state index in [-0.39, 0.29) is 17.6 Å². The number of imidazole rings is 1. The summed E-state index contributed by atoms with van der Waals surface area (Å²) in [6, 6.07) is 13.7. The Morgan fingerprint density at radius 2 is 1.69 bits per heavy atom. The van der Waals surface area contributed by atoms with Crippen LogP contribution >= 0.6 is 0 Å². The standard InChI is InChI=1S/C25H31N3O4/c1-4-14-27-20-8-5-6-9-21(20)28(25(27)30)16-13-24(29)26-15-7-10-19(26)18-11-12-22(31-2)23(17-18)32-3/h5-6,8-9,11-12,17,19H,4,7,10,13-16H2,1-3H3/t19-/m1/s1. The van der Waals surface area contributed by atoms with E-state index in [1.165, 1.54) is 0 Å². The summed E-state index contributed by atoms with van der Waals surface area (Å²) in [5.41, 5.74) is 2.82. The number of aryl methyl sites for hydroxylation is 2. The van der Waals surface area contributed by atoms with Gasteiger partial charge in [-0.05, 0) is 49.1 Å². The van der Waals surface area contributed by atoms with Gasteiger partial charge in [0.1, 0.15) is 0 Å². The van der Waals surface area contributed by atoms with Crippen molar-refractivity contribution in [3.05, 3.63) is 58.5 Å². The number of carbonyl (C=O) groups excluding carboxylic acids is 1. The van der Waals surface area contributed by atoms with Crippen molar-refractivity contribution in [1.29, 1.82) is 0 Å². The zero-order chi connectivity index (χ0) is 22.7. The molecule has 1 atom stereocenters. The molecule has 1 fully saturated rings. The largest absolute Gasteiger partial charge is 0.493 e. The van der Waals surface area contributed by atoms with Gasteiger partial charge in [0.25, 0.3) is 0 Å². The van der Waals surface area contributed by atoms with Gasteiger partial charge in [0.2, 0.25) is 5.91 Å². The molecule has 1 aliphatic heterocycles. The van der Waals surface area contributed by atoms with Gasteiger partial charge in [-0.15, -0.1) is 0 Å². The first-order chi connectivity index (χ1) is 15.6. The average molecular weight is 438 g/mol. The Kier molecular flexibility index (Phi) is 6.53. The third-order valence-corrected chi connectivity index (χ3v) is 6.29. The molecule has 1 aliphatic rings. The molecule has 32 heavy (non-hydrogen) atoms. The summed E-state index contributed by atoms with van der Waals surface area (Å²) in [5.74, 6) is 1.41. The third-order valence-electron chi connectivity index (χ3n) is 6.29. The van der Waals surface area contributed by atoms with E-state index < -0.39 is 0 Å². The van der Waals surface area contributed by atoms with E-state index in [0.717, 1.165) is 42.4 Å². The molecule has 0 aliphatic carbocycles. The number of nitrogens with zero attached hydrogens (tertiary/aromatic N) is 3. The Labute approximate surface area is 188 Å². The third kappa shape index (κ3) is 3.99. The first-order valence-electron chi connectivity index (χ1n) is 11.3. The zero-order valence-electron chi connectivity index (χ0n) is 19.0. The minimum atomic E-state index is -0.0429. The molecule has 0 N–H and O–H groups in total. The van der Waals surface area contributed by atoms with Crippen LogP contribution in [0.4, 0.5) is 0 Å². The summed E-state index contributed by atoms with van der Waals surface area (Å²) >= 11 is 0. The Balaban J connectivity index is 1.54. The molecule has 170 valence electrons. The number of methoxy groups -OCH3 is 2. The second kappa shape index (κ2) is 9.51. The van der Waals surface area contributed by atoms with Gasteiger partial charge < -0.3 is 14.4 Å². The minimum Gasteiger partial charge on any atom is -0.493 e. The van der Waals surface area contributed by atoms with Crippen LogP contribution in [0, 0.1) is 0 Å². The van der Waals surface area contributed by atoms with Crippen LogP contribution in [-0.4, -0.2) is 40.7 Å². The summed E-state index contributed by atoms with van der Waals surface area (Å²) < 4.78 is 14.3. The number of fused-ring (bicyclic) bond motifs is 1. The SMILES string of the molecule is CCCn1c(=O)n(CCC(=O)N2CCC[C@@H]2c2ccc(OC)c(OC)c2)c2ccccc21. The van der Waals surface area contributed by atoms with Gasteiger partial charge in [0.15, 0.2) is 11.5 Å². The number of aromatic nitrogens is 2. The predicted octanol–water partition coefficient (Wildman–Crippen LogP) is 3.98. The number of para-hydroxylation sites is 2. The molecule has 3 aromatic rings. The highest BCUT2D eigenvalue weighted by molar-refractivity contribution is 5.78. The minimum absolute atomic E-state index is 0.0143. The molecule has 4 rings (SSSR count). The Morgan fingerprint density at radius 3 is 2.34 bits per heavy atom. The van der Waals surface area contributed by atoms with E-state index >= 15 is 0 Å². The number of hydrogen-bond acceptors (Lipinski definition) is 4. The van der Waals surface area contributed by atoms with Crippen molar-refractivity contribution in [3.8, 4) is 11.5 Å². The molecule has 2 aromatic carbocycles. The van der Waals surface area contributed by atoms with Crippen LogP contribution < -0.4 is 15.2 Å².